The predicted molar refractivity (Wildman–Crippen MR) is 100 cm³/mol. The van der Waals surface area contributed by atoms with Crippen molar-refractivity contribution >= 4 is 37.2 Å². The van der Waals surface area contributed by atoms with E-state index in [1.165, 1.54) is 34.8 Å². The summed E-state index contributed by atoms with van der Waals surface area (Å²) in [4.78, 5) is 9.92. The third-order valence-electron chi connectivity index (χ3n) is 5.97. The van der Waals surface area contributed by atoms with Gasteiger partial charge in [0.1, 0.15) is 8.07 Å². The number of rotatable bonds is 4. The van der Waals surface area contributed by atoms with Gasteiger partial charge in [0.25, 0.3) is 0 Å². The molecule has 0 N–H and O–H groups in total. The van der Waals surface area contributed by atoms with Gasteiger partial charge in [-0.2, -0.15) is 0 Å². The Morgan fingerprint density at radius 1 is 0.682 bits per heavy atom. The Kier molecular flexibility index (Phi) is 4.08. The minimum absolute atomic E-state index is 1.20. The number of pyridine rings is 2. The second kappa shape index (κ2) is 5.74. The molecule has 2 aromatic heterocycles. The average Bonchev–Trinajstić information content (AvgIpc) is 2.60. The molecule has 116 valence electrons. The second-order valence-electron chi connectivity index (χ2n) is 6.38. The van der Waals surface area contributed by atoms with Gasteiger partial charge in [0, 0.05) is 23.0 Å². The third-order valence-corrected chi connectivity index (χ3v) is 16.8. The molecule has 3 heterocycles. The van der Waals surface area contributed by atoms with Crippen LogP contribution in [0.15, 0.2) is 36.7 Å². The summed E-state index contributed by atoms with van der Waals surface area (Å²) >= 11 is 0. The van der Waals surface area contributed by atoms with Gasteiger partial charge in [0.15, 0.2) is 8.07 Å². The lowest BCUT2D eigenvalue weighted by Crippen LogP contribution is -2.82. The third kappa shape index (κ3) is 1.83. The molecular formula is C18H26N2Si2. The Labute approximate surface area is 136 Å². The first-order valence-electron chi connectivity index (χ1n) is 8.62. The maximum Gasteiger partial charge on any atom is 0.163 e. The van der Waals surface area contributed by atoms with E-state index in [1.807, 2.05) is 12.4 Å². The van der Waals surface area contributed by atoms with E-state index in [9.17, 15) is 0 Å². The molecule has 0 fully saturated rings. The normalized spacial score (nSPS) is 17.6. The van der Waals surface area contributed by atoms with Gasteiger partial charge in [-0.05, 0) is 34.6 Å². The summed E-state index contributed by atoms with van der Waals surface area (Å²) in [5.74, 6) is 0. The summed E-state index contributed by atoms with van der Waals surface area (Å²) in [5.41, 5.74) is 0. The number of fused-ring (bicyclic) bond motifs is 2. The smallest absolute Gasteiger partial charge is 0.163 e. The van der Waals surface area contributed by atoms with Crippen LogP contribution in [0.25, 0.3) is 0 Å². The van der Waals surface area contributed by atoms with Gasteiger partial charge in [-0.25, -0.2) is 0 Å². The Bertz CT molecular complexity index is 567. The molecule has 0 spiro atoms. The Balaban J connectivity index is 2.44. The van der Waals surface area contributed by atoms with Crippen LogP contribution in [0.2, 0.25) is 24.2 Å². The first kappa shape index (κ1) is 15.6. The summed E-state index contributed by atoms with van der Waals surface area (Å²) in [6, 6.07) is 14.0. The molecule has 1 aliphatic heterocycles. The van der Waals surface area contributed by atoms with Crippen LogP contribution in [0, 0.1) is 0 Å². The Morgan fingerprint density at radius 2 is 1.09 bits per heavy atom. The molecule has 2 aromatic rings. The Morgan fingerprint density at radius 3 is 1.45 bits per heavy atom. The second-order valence-corrected chi connectivity index (χ2v) is 15.6. The monoisotopic (exact) mass is 326 g/mol. The van der Waals surface area contributed by atoms with E-state index in [-0.39, 0.29) is 0 Å². The van der Waals surface area contributed by atoms with Crippen LogP contribution in [0.3, 0.4) is 0 Å². The molecule has 0 aromatic carbocycles. The summed E-state index contributed by atoms with van der Waals surface area (Å²) in [6.07, 6.45) is 4.01. The fraction of sp³-hybridized carbons (Fsp3) is 0.444. The number of nitrogens with zero attached hydrogens (tertiary/aromatic N) is 2. The van der Waals surface area contributed by atoms with Crippen molar-refractivity contribution in [2.45, 2.75) is 51.9 Å². The lowest BCUT2D eigenvalue weighted by molar-refractivity contribution is 1.21. The first-order valence-corrected chi connectivity index (χ1v) is 13.4. The molecule has 1 aliphatic rings. The largest absolute Gasteiger partial charge is 0.266 e. The van der Waals surface area contributed by atoms with Crippen LogP contribution >= 0.6 is 0 Å². The predicted octanol–water partition coefficient (Wildman–Crippen LogP) is 2.00. The molecule has 0 bridgehead atoms. The summed E-state index contributed by atoms with van der Waals surface area (Å²) in [5, 5.41) is 6.16. The molecule has 0 saturated heterocycles. The molecule has 0 saturated carbocycles. The van der Waals surface area contributed by atoms with Crippen molar-refractivity contribution in [1.29, 1.82) is 0 Å². The van der Waals surface area contributed by atoms with E-state index in [2.05, 4.69) is 52.0 Å². The molecule has 0 aliphatic carbocycles. The lowest BCUT2D eigenvalue weighted by Gasteiger charge is -2.44. The van der Waals surface area contributed by atoms with E-state index in [0.717, 1.165) is 0 Å². The van der Waals surface area contributed by atoms with Crippen LogP contribution in [-0.2, 0) is 0 Å². The van der Waals surface area contributed by atoms with Crippen molar-refractivity contribution < 1.29 is 0 Å². The quantitative estimate of drug-likeness (QED) is 0.803. The lowest BCUT2D eigenvalue weighted by atomic mass is 10.5. The average molecular weight is 327 g/mol. The molecule has 0 amide bonds. The highest BCUT2D eigenvalue weighted by molar-refractivity contribution is 7.17. The van der Waals surface area contributed by atoms with Crippen LogP contribution < -0.4 is 21.0 Å². The Hall–Kier alpha value is -1.27. The molecular weight excluding hydrogens is 300 g/mol. The van der Waals surface area contributed by atoms with E-state index in [0.29, 0.717) is 0 Å². The summed E-state index contributed by atoms with van der Waals surface area (Å²) < 4.78 is 0. The highest BCUT2D eigenvalue weighted by atomic mass is 28.3. The van der Waals surface area contributed by atoms with Crippen molar-refractivity contribution in [3.63, 3.8) is 0 Å². The van der Waals surface area contributed by atoms with Gasteiger partial charge >= 0.3 is 0 Å². The van der Waals surface area contributed by atoms with Crippen LogP contribution in [-0.4, -0.2) is 26.1 Å². The maximum atomic E-state index is 4.96. The minimum Gasteiger partial charge on any atom is -0.266 e. The fourth-order valence-corrected chi connectivity index (χ4v) is 15.5. The van der Waals surface area contributed by atoms with Gasteiger partial charge in [0.2, 0.25) is 0 Å². The zero-order valence-corrected chi connectivity index (χ0v) is 16.2. The molecule has 0 radical (unpaired) electrons. The molecule has 22 heavy (non-hydrogen) atoms. The van der Waals surface area contributed by atoms with Crippen LogP contribution in [0.1, 0.15) is 27.7 Å². The number of aromatic nitrogens is 2. The fourth-order valence-electron chi connectivity index (χ4n) is 4.53. The molecule has 4 heteroatoms. The maximum absolute atomic E-state index is 4.96. The molecule has 0 unspecified atom stereocenters. The molecule has 2 nitrogen and oxygen atoms in total. The van der Waals surface area contributed by atoms with E-state index in [4.69, 9.17) is 9.97 Å². The van der Waals surface area contributed by atoms with Gasteiger partial charge in [-0.3, -0.25) is 9.97 Å². The van der Waals surface area contributed by atoms with Crippen molar-refractivity contribution in [1.82, 2.24) is 9.97 Å². The zero-order valence-electron chi connectivity index (χ0n) is 14.2. The molecule has 0 atom stereocenters. The van der Waals surface area contributed by atoms with Gasteiger partial charge < -0.3 is 0 Å². The first-order chi connectivity index (χ1) is 10.7. The zero-order chi connectivity index (χ0) is 15.8. The van der Waals surface area contributed by atoms with Gasteiger partial charge in [-0.1, -0.05) is 51.9 Å². The van der Waals surface area contributed by atoms with Crippen molar-refractivity contribution in [3.05, 3.63) is 36.7 Å². The highest BCUT2D eigenvalue weighted by Gasteiger charge is 2.51. The van der Waals surface area contributed by atoms with Gasteiger partial charge in [0.05, 0.1) is 0 Å². The van der Waals surface area contributed by atoms with Crippen molar-refractivity contribution in [3.8, 4) is 0 Å². The van der Waals surface area contributed by atoms with Gasteiger partial charge in [-0.15, -0.1) is 0 Å². The highest BCUT2D eigenvalue weighted by Crippen LogP contribution is 2.23. The SMILES string of the molecule is CC[Si]1(CC)c2cccnc2[Si](CC)(CC)c2ncccc21. The van der Waals surface area contributed by atoms with Crippen molar-refractivity contribution in [2.75, 3.05) is 0 Å². The van der Waals surface area contributed by atoms with Crippen LogP contribution in [0.4, 0.5) is 0 Å². The number of hydrogen-bond acceptors (Lipinski definition) is 2. The van der Waals surface area contributed by atoms with Crippen molar-refractivity contribution in [2.24, 2.45) is 0 Å². The standard InChI is InChI=1S/C18H26N2Si2/c1-5-21(6-2)15-11-9-13-19-17(15)22(7-3,8-4)18-16(21)12-10-14-20-18/h9-14H,5-8H2,1-4H3. The summed E-state index contributed by atoms with van der Waals surface area (Å²) in [6.45, 7) is 9.43. The van der Waals surface area contributed by atoms with E-state index < -0.39 is 16.1 Å². The summed E-state index contributed by atoms with van der Waals surface area (Å²) in [7, 11) is -3.46. The molecule has 3 rings (SSSR count). The van der Waals surface area contributed by atoms with Crippen LogP contribution in [0.5, 0.6) is 0 Å². The van der Waals surface area contributed by atoms with E-state index >= 15 is 0 Å². The minimum atomic E-state index is -1.78. The number of hydrogen-bond donors (Lipinski definition) is 0. The topological polar surface area (TPSA) is 25.8 Å². The van der Waals surface area contributed by atoms with E-state index in [1.54, 1.807) is 10.4 Å².